The first kappa shape index (κ1) is 38.8. The monoisotopic (exact) mass is 833 g/mol. The molecule has 0 unspecified atom stereocenters. The van der Waals surface area contributed by atoms with Crippen LogP contribution in [0.5, 0.6) is 5.75 Å². The van der Waals surface area contributed by atoms with E-state index in [1.54, 1.807) is 61.6 Å². The molecular formula is C40H31BrCl3N3O4S. The Morgan fingerprint density at radius 3 is 2.23 bits per heavy atom. The average molecular weight is 836 g/mol. The minimum Gasteiger partial charge on any atom is -0.486 e. The normalized spacial score (nSPS) is 14.3. The Morgan fingerprint density at radius 1 is 0.962 bits per heavy atom. The van der Waals surface area contributed by atoms with Crippen LogP contribution in [-0.4, -0.2) is 33.5 Å². The molecule has 1 aliphatic heterocycles. The van der Waals surface area contributed by atoms with E-state index in [4.69, 9.17) is 39.5 Å². The first-order valence-corrected chi connectivity index (χ1v) is 18.7. The maximum absolute atomic E-state index is 14.1. The van der Waals surface area contributed by atoms with Crippen LogP contribution in [0.1, 0.15) is 35.2 Å². The summed E-state index contributed by atoms with van der Waals surface area (Å²) in [6.45, 7) is 5.64. The maximum atomic E-state index is 14.1. The van der Waals surface area contributed by atoms with Crippen molar-refractivity contribution in [2.45, 2.75) is 19.6 Å². The molecule has 3 amide bonds. The van der Waals surface area contributed by atoms with Crippen LogP contribution in [0.25, 0.3) is 6.08 Å². The molecule has 52 heavy (non-hydrogen) atoms. The van der Waals surface area contributed by atoms with Gasteiger partial charge in [0.2, 0.25) is 5.91 Å². The third-order valence-corrected chi connectivity index (χ3v) is 10.2. The molecule has 5 rings (SSSR count). The lowest BCUT2D eigenvalue weighted by atomic mass is 9.99. The van der Waals surface area contributed by atoms with E-state index in [1.807, 2.05) is 60.7 Å². The Kier molecular flexibility index (Phi) is 13.7. The highest BCUT2D eigenvalue weighted by Crippen LogP contribution is 2.37. The quantitative estimate of drug-likeness (QED) is 0.0873. The van der Waals surface area contributed by atoms with Crippen molar-refractivity contribution in [3.8, 4) is 5.75 Å². The SMILES string of the molecule is C=C/C=C\C(=C/C)N1C(=O)/C(=C/c2cc(Cl)c(OCc3ccc(Cl)c(Cl)c3)c(Br)c2)C(=O)N=C1SCC(=O)NC(c1ccccc1)c1ccccc1. The number of hydrogen-bond acceptors (Lipinski definition) is 5. The molecule has 4 aromatic carbocycles. The van der Waals surface area contributed by atoms with Crippen LogP contribution in [0.2, 0.25) is 15.1 Å². The summed E-state index contributed by atoms with van der Waals surface area (Å²) in [5, 5.41) is 4.23. The largest absolute Gasteiger partial charge is 0.486 e. The smallest absolute Gasteiger partial charge is 0.285 e. The predicted molar refractivity (Wildman–Crippen MR) is 216 cm³/mol. The van der Waals surface area contributed by atoms with Crippen molar-refractivity contribution in [3.05, 3.63) is 175 Å². The number of carbonyl (C=O) groups is 3. The third-order valence-electron chi connectivity index (χ3n) is 7.61. The summed E-state index contributed by atoms with van der Waals surface area (Å²) in [5.41, 5.74) is 3.30. The summed E-state index contributed by atoms with van der Waals surface area (Å²) in [6.07, 6.45) is 8.02. The lowest BCUT2D eigenvalue weighted by Crippen LogP contribution is -2.42. The van der Waals surface area contributed by atoms with Crippen molar-refractivity contribution in [1.29, 1.82) is 0 Å². The third kappa shape index (κ3) is 9.73. The minimum absolute atomic E-state index is 0.0605. The summed E-state index contributed by atoms with van der Waals surface area (Å²) in [5.74, 6) is -1.44. The van der Waals surface area contributed by atoms with Gasteiger partial charge in [-0.2, -0.15) is 4.99 Å². The number of hydrogen-bond donors (Lipinski definition) is 1. The number of nitrogens with one attached hydrogen (secondary N) is 1. The van der Waals surface area contributed by atoms with Gasteiger partial charge in [0, 0.05) is 5.70 Å². The molecule has 0 saturated carbocycles. The van der Waals surface area contributed by atoms with Crippen LogP contribution in [0.4, 0.5) is 0 Å². The number of benzene rings is 4. The Balaban J connectivity index is 1.39. The van der Waals surface area contributed by atoms with Crippen molar-refractivity contribution in [3.63, 3.8) is 0 Å². The predicted octanol–water partition coefficient (Wildman–Crippen LogP) is 10.4. The van der Waals surface area contributed by atoms with Crippen molar-refractivity contribution in [1.82, 2.24) is 10.2 Å². The molecule has 0 saturated heterocycles. The Labute approximate surface area is 329 Å². The van der Waals surface area contributed by atoms with Crippen molar-refractivity contribution < 1.29 is 19.1 Å². The number of amides is 3. The number of aliphatic imine (C=N–C) groups is 1. The molecule has 0 bridgehead atoms. The highest BCUT2D eigenvalue weighted by atomic mass is 79.9. The van der Waals surface area contributed by atoms with Gasteiger partial charge in [0.1, 0.15) is 12.2 Å². The van der Waals surface area contributed by atoms with Gasteiger partial charge in [-0.1, -0.05) is 138 Å². The topological polar surface area (TPSA) is 88.1 Å². The summed E-state index contributed by atoms with van der Waals surface area (Å²) >= 11 is 23.2. The fourth-order valence-corrected chi connectivity index (χ4v) is 7.26. The van der Waals surface area contributed by atoms with Gasteiger partial charge in [-0.05, 0) is 81.5 Å². The number of rotatable bonds is 12. The Hall–Kier alpha value is -4.38. The van der Waals surface area contributed by atoms with E-state index in [-0.39, 0.29) is 34.0 Å². The van der Waals surface area contributed by atoms with E-state index in [0.29, 0.717) is 31.5 Å². The molecule has 264 valence electrons. The fraction of sp³-hybridized carbons (Fsp3) is 0.100. The second kappa shape index (κ2) is 18.4. The highest BCUT2D eigenvalue weighted by Gasteiger charge is 2.35. The Bertz CT molecular complexity index is 2060. The van der Waals surface area contributed by atoms with Gasteiger partial charge in [-0.25, -0.2) is 0 Å². The van der Waals surface area contributed by atoms with Crippen LogP contribution in [0, 0.1) is 0 Å². The van der Waals surface area contributed by atoms with Crippen LogP contribution >= 0.6 is 62.5 Å². The number of halogens is 4. The molecule has 7 nitrogen and oxygen atoms in total. The van der Waals surface area contributed by atoms with Gasteiger partial charge in [0.25, 0.3) is 11.8 Å². The molecule has 1 aliphatic rings. The first-order valence-electron chi connectivity index (χ1n) is 15.8. The van der Waals surface area contributed by atoms with Crippen LogP contribution in [0.15, 0.2) is 143 Å². The molecule has 12 heteroatoms. The number of nitrogens with zero attached hydrogens (tertiary/aromatic N) is 2. The maximum Gasteiger partial charge on any atom is 0.285 e. The zero-order valence-corrected chi connectivity index (χ0v) is 32.4. The second-order valence-corrected chi connectivity index (χ2v) is 14.2. The number of ether oxygens (including phenoxy) is 1. The first-order chi connectivity index (χ1) is 25.1. The van der Waals surface area contributed by atoms with Gasteiger partial charge in [0.15, 0.2) is 10.9 Å². The highest BCUT2D eigenvalue weighted by molar-refractivity contribution is 9.10. The summed E-state index contributed by atoms with van der Waals surface area (Å²) < 4.78 is 6.44. The molecule has 0 fully saturated rings. The van der Waals surface area contributed by atoms with Crippen LogP contribution in [-0.2, 0) is 21.0 Å². The molecule has 0 spiro atoms. The number of amidine groups is 1. The van der Waals surface area contributed by atoms with E-state index in [2.05, 4.69) is 32.8 Å². The standard InChI is InChI=1S/C40H31BrCl3N3O4S/c1-3-5-16-29(4-2)47-39(50)30(19-26-20-31(41)37(34(44)22-26)51-23-25-17-18-32(42)33(43)21-25)38(49)46-40(47)52-24-35(48)45-36(27-12-8-6-9-13-27)28-14-10-7-11-15-28/h3-22,36H,1,23-24H2,2H3,(H,45,48)/b16-5-,29-4+,30-19+. The Morgan fingerprint density at radius 2 is 1.63 bits per heavy atom. The molecule has 0 radical (unpaired) electrons. The zero-order valence-electron chi connectivity index (χ0n) is 27.7. The number of thioether (sulfide) groups is 1. The lowest BCUT2D eigenvalue weighted by molar-refractivity contribution is -0.126. The number of allylic oxidation sites excluding steroid dienone is 4. The minimum atomic E-state index is -0.758. The van der Waals surface area contributed by atoms with Crippen molar-refractivity contribution in [2.75, 3.05) is 5.75 Å². The van der Waals surface area contributed by atoms with Crippen molar-refractivity contribution >= 4 is 91.5 Å². The van der Waals surface area contributed by atoms with Crippen LogP contribution in [0.3, 0.4) is 0 Å². The molecule has 4 aromatic rings. The molecule has 0 aliphatic carbocycles. The van der Waals surface area contributed by atoms with Gasteiger partial charge >= 0.3 is 0 Å². The van der Waals surface area contributed by atoms with E-state index >= 15 is 0 Å². The molecule has 0 aromatic heterocycles. The fourth-order valence-electron chi connectivity index (χ4n) is 5.15. The van der Waals surface area contributed by atoms with Crippen molar-refractivity contribution in [2.24, 2.45) is 4.99 Å². The van der Waals surface area contributed by atoms with Gasteiger partial charge < -0.3 is 10.1 Å². The summed E-state index contributed by atoms with van der Waals surface area (Å²) in [4.78, 5) is 46.6. The average Bonchev–Trinajstić information content (AvgIpc) is 3.14. The second-order valence-electron chi connectivity index (χ2n) is 11.2. The van der Waals surface area contributed by atoms with E-state index < -0.39 is 17.9 Å². The van der Waals surface area contributed by atoms with E-state index in [0.717, 1.165) is 28.5 Å². The van der Waals surface area contributed by atoms with Crippen LogP contribution < -0.4 is 10.1 Å². The summed E-state index contributed by atoms with van der Waals surface area (Å²) in [6, 6.07) is 27.2. The van der Waals surface area contributed by atoms with Gasteiger partial charge in [-0.3, -0.25) is 19.3 Å². The molecule has 1 heterocycles. The lowest BCUT2D eigenvalue weighted by Gasteiger charge is -2.28. The van der Waals surface area contributed by atoms with E-state index in [9.17, 15) is 14.4 Å². The zero-order chi connectivity index (χ0) is 37.2. The molecule has 0 atom stereocenters. The van der Waals surface area contributed by atoms with Gasteiger partial charge in [0.05, 0.1) is 31.3 Å². The van der Waals surface area contributed by atoms with E-state index in [1.165, 1.54) is 11.0 Å². The number of carbonyl (C=O) groups excluding carboxylic acids is 3. The summed E-state index contributed by atoms with van der Waals surface area (Å²) in [7, 11) is 0. The molecular weight excluding hydrogens is 805 g/mol. The van der Waals surface area contributed by atoms with Gasteiger partial charge in [-0.15, -0.1) is 0 Å². The molecule has 1 N–H and O–H groups in total.